The van der Waals surface area contributed by atoms with Crippen molar-refractivity contribution in [1.29, 1.82) is 0 Å². The first-order chi connectivity index (χ1) is 14.0. The lowest BCUT2D eigenvalue weighted by atomic mass is 10.2. The number of rotatable bonds is 4. The predicted molar refractivity (Wildman–Crippen MR) is 120 cm³/mol. The van der Waals surface area contributed by atoms with Crippen LogP contribution in [0.25, 0.3) is 0 Å². The number of nitrogens with one attached hydrogen (secondary N) is 2. The van der Waals surface area contributed by atoms with Gasteiger partial charge in [0, 0.05) is 33.3 Å². The second-order valence-corrected chi connectivity index (χ2v) is 8.46. The third kappa shape index (κ3) is 4.42. The number of halogens is 2. The highest BCUT2D eigenvalue weighted by Gasteiger charge is 2.38. The van der Waals surface area contributed by atoms with Crippen molar-refractivity contribution >= 4 is 67.6 Å². The molecule has 0 fully saturated rings. The molecule has 0 bridgehead atoms. The minimum Gasteiger partial charge on any atom is -0.325 e. The molecule has 0 saturated carbocycles. The molecular weight excluding hydrogens is 478 g/mol. The second-order valence-electron chi connectivity index (χ2n) is 6.16. The Balaban J connectivity index is 1.37. The van der Waals surface area contributed by atoms with E-state index in [1.54, 1.807) is 46.5 Å². The van der Waals surface area contributed by atoms with E-state index in [-0.39, 0.29) is 17.6 Å². The highest BCUT2D eigenvalue weighted by atomic mass is 79.9. The minimum absolute atomic E-state index is 0.148. The number of carbonyl (C=O) groups is 2. The van der Waals surface area contributed by atoms with Crippen LogP contribution in [-0.2, 0) is 9.59 Å². The fourth-order valence-corrected chi connectivity index (χ4v) is 4.05. The van der Waals surface area contributed by atoms with Crippen LogP contribution >= 0.6 is 39.3 Å². The Kier molecular flexibility index (Phi) is 5.79. The van der Waals surface area contributed by atoms with E-state index >= 15 is 0 Å². The number of carbonyl (C=O) groups excluding carboxylic acids is 2. The van der Waals surface area contributed by atoms with Crippen LogP contribution in [0.3, 0.4) is 0 Å². The van der Waals surface area contributed by atoms with Gasteiger partial charge in [0.05, 0.1) is 5.75 Å². The number of fused-ring (bicyclic) bond motifs is 1. The topological polar surface area (TPSA) is 77.0 Å². The molecule has 7 nitrogen and oxygen atoms in total. The number of thioether (sulfide) groups is 1. The maximum atomic E-state index is 12.8. The van der Waals surface area contributed by atoms with Crippen LogP contribution in [0, 0.1) is 0 Å². The summed E-state index contributed by atoms with van der Waals surface area (Å²) in [6.45, 7) is 0. The largest absolute Gasteiger partial charge is 0.325 e. The molecule has 1 atom stereocenters. The fourth-order valence-electron chi connectivity index (χ4n) is 2.83. The molecule has 0 saturated heterocycles. The van der Waals surface area contributed by atoms with Gasteiger partial charge in [0.25, 0.3) is 5.91 Å². The molecule has 2 aliphatic rings. The Hall–Kier alpha value is -2.49. The summed E-state index contributed by atoms with van der Waals surface area (Å²) in [5.74, 6) is -0.195. The molecule has 10 heteroatoms. The van der Waals surface area contributed by atoms with Crippen molar-refractivity contribution < 1.29 is 9.59 Å². The maximum absolute atomic E-state index is 12.8. The van der Waals surface area contributed by atoms with Crippen molar-refractivity contribution in [2.24, 2.45) is 5.10 Å². The fraction of sp³-hybridized carbons (Fsp3) is 0.105. The summed E-state index contributed by atoms with van der Waals surface area (Å²) in [7, 11) is 0. The van der Waals surface area contributed by atoms with Crippen molar-refractivity contribution in [2.75, 3.05) is 16.0 Å². The van der Waals surface area contributed by atoms with Crippen LogP contribution in [0.4, 0.5) is 11.4 Å². The summed E-state index contributed by atoms with van der Waals surface area (Å²) in [5.41, 5.74) is 4.23. The summed E-state index contributed by atoms with van der Waals surface area (Å²) in [4.78, 5) is 28.3. The van der Waals surface area contributed by atoms with E-state index < -0.39 is 6.17 Å². The standard InChI is InChI=1S/C19H15BrClN5O2S/c20-12-4-6-15(7-5-12)25-8-9-26-17(18(25)28)23-24-19(26)29-11-16(27)22-14-3-1-2-13(21)10-14/h1-10,17,23H,11H2,(H,22,27). The van der Waals surface area contributed by atoms with Crippen LogP contribution in [0.5, 0.6) is 0 Å². The number of hydrogen-bond donors (Lipinski definition) is 2. The van der Waals surface area contributed by atoms with Crippen LogP contribution < -0.4 is 15.6 Å². The molecule has 2 N–H and O–H groups in total. The maximum Gasteiger partial charge on any atom is 0.276 e. The molecular formula is C19H15BrClN5O2S. The monoisotopic (exact) mass is 491 g/mol. The Bertz CT molecular complexity index is 1010. The van der Waals surface area contributed by atoms with Gasteiger partial charge >= 0.3 is 0 Å². The van der Waals surface area contributed by atoms with Gasteiger partial charge in [0.15, 0.2) is 5.17 Å². The van der Waals surface area contributed by atoms with Crippen molar-refractivity contribution in [3.63, 3.8) is 0 Å². The van der Waals surface area contributed by atoms with Gasteiger partial charge in [-0.1, -0.05) is 45.4 Å². The Morgan fingerprint density at radius 3 is 2.79 bits per heavy atom. The van der Waals surface area contributed by atoms with E-state index in [2.05, 4.69) is 31.8 Å². The molecule has 148 valence electrons. The number of benzene rings is 2. The van der Waals surface area contributed by atoms with Crippen LogP contribution in [0.1, 0.15) is 0 Å². The summed E-state index contributed by atoms with van der Waals surface area (Å²) in [5, 5.41) is 8.10. The Labute approximate surface area is 184 Å². The average Bonchev–Trinajstić information content (AvgIpc) is 3.12. The highest BCUT2D eigenvalue weighted by molar-refractivity contribution is 9.10. The first-order valence-electron chi connectivity index (χ1n) is 8.58. The number of amidine groups is 1. The highest BCUT2D eigenvalue weighted by Crippen LogP contribution is 2.26. The van der Waals surface area contributed by atoms with Crippen LogP contribution in [0.15, 0.2) is 70.5 Å². The van der Waals surface area contributed by atoms with Crippen molar-refractivity contribution in [3.8, 4) is 0 Å². The lowest BCUT2D eigenvalue weighted by molar-refractivity contribution is -0.122. The van der Waals surface area contributed by atoms with Crippen molar-refractivity contribution in [2.45, 2.75) is 6.17 Å². The van der Waals surface area contributed by atoms with Gasteiger partial charge in [-0.2, -0.15) is 5.10 Å². The number of amides is 2. The van der Waals surface area contributed by atoms with Crippen LogP contribution in [-0.4, -0.2) is 33.8 Å². The van der Waals surface area contributed by atoms with Gasteiger partial charge in [-0.05, 0) is 42.5 Å². The quantitative estimate of drug-likeness (QED) is 0.679. The van der Waals surface area contributed by atoms with E-state index in [1.165, 1.54) is 11.8 Å². The molecule has 1 unspecified atom stereocenters. The molecule has 0 radical (unpaired) electrons. The molecule has 0 aliphatic carbocycles. The van der Waals surface area contributed by atoms with Gasteiger partial charge in [-0.3, -0.25) is 24.8 Å². The predicted octanol–water partition coefficient (Wildman–Crippen LogP) is 3.79. The lowest BCUT2D eigenvalue weighted by Gasteiger charge is -2.31. The summed E-state index contributed by atoms with van der Waals surface area (Å²) in [6, 6.07) is 14.4. The zero-order valence-electron chi connectivity index (χ0n) is 14.9. The third-order valence-corrected chi connectivity index (χ3v) is 5.91. The number of anilines is 2. The minimum atomic E-state index is -0.637. The van der Waals surface area contributed by atoms with Crippen molar-refractivity contribution in [3.05, 3.63) is 70.4 Å². The van der Waals surface area contributed by atoms with Gasteiger partial charge in [-0.25, -0.2) is 0 Å². The average molecular weight is 493 g/mol. The molecule has 4 rings (SSSR count). The van der Waals surface area contributed by atoms with Gasteiger partial charge in [0.1, 0.15) is 0 Å². The second kappa shape index (κ2) is 8.48. The molecule has 29 heavy (non-hydrogen) atoms. The number of hydrazone groups is 1. The Morgan fingerprint density at radius 2 is 2.03 bits per heavy atom. The third-order valence-electron chi connectivity index (χ3n) is 4.17. The molecule has 2 aliphatic heterocycles. The van der Waals surface area contributed by atoms with E-state index in [1.807, 2.05) is 24.3 Å². The first-order valence-corrected chi connectivity index (χ1v) is 10.7. The normalized spacial score (nSPS) is 17.7. The molecule has 0 aromatic heterocycles. The van der Waals surface area contributed by atoms with Gasteiger partial charge < -0.3 is 5.32 Å². The van der Waals surface area contributed by atoms with Gasteiger partial charge in [-0.15, -0.1) is 0 Å². The van der Waals surface area contributed by atoms with Crippen LogP contribution in [0.2, 0.25) is 5.02 Å². The van der Waals surface area contributed by atoms with E-state index in [0.29, 0.717) is 15.9 Å². The molecule has 2 amide bonds. The van der Waals surface area contributed by atoms with Crippen molar-refractivity contribution in [1.82, 2.24) is 10.3 Å². The summed E-state index contributed by atoms with van der Waals surface area (Å²) in [6.07, 6.45) is 2.83. The van der Waals surface area contributed by atoms with Gasteiger partial charge in [0.2, 0.25) is 12.1 Å². The van der Waals surface area contributed by atoms with E-state index in [9.17, 15) is 9.59 Å². The number of nitrogens with zero attached hydrogens (tertiary/aromatic N) is 3. The SMILES string of the molecule is O=C(CSC1=NNC2C(=O)N(c3ccc(Br)cc3)C=CN12)Nc1cccc(Cl)c1. The summed E-state index contributed by atoms with van der Waals surface area (Å²) >= 11 is 10.6. The number of hydrogen-bond acceptors (Lipinski definition) is 6. The smallest absolute Gasteiger partial charge is 0.276 e. The van der Waals surface area contributed by atoms with E-state index in [0.717, 1.165) is 10.2 Å². The summed E-state index contributed by atoms with van der Waals surface area (Å²) < 4.78 is 0.938. The molecule has 0 spiro atoms. The molecule has 2 aromatic carbocycles. The molecule has 2 heterocycles. The zero-order valence-corrected chi connectivity index (χ0v) is 18.0. The zero-order chi connectivity index (χ0) is 20.4. The lowest BCUT2D eigenvalue weighted by Crippen LogP contribution is -2.52. The first kappa shape index (κ1) is 19.8. The Morgan fingerprint density at radius 1 is 1.24 bits per heavy atom. The molecule has 2 aromatic rings. The van der Waals surface area contributed by atoms with E-state index in [4.69, 9.17) is 11.6 Å².